The van der Waals surface area contributed by atoms with Crippen LogP contribution in [0.15, 0.2) is 41.7 Å². The number of aromatic nitrogens is 2. The molecule has 1 aromatic heterocycles. The minimum absolute atomic E-state index is 0.169. The first kappa shape index (κ1) is 18.6. The standard InChI is InChI=1S/C19H23FN4OS/c1-2-14-7-5-6-10-24(14)17-11-19(22-13-21-17)26-12-18(25)23-16-9-4-3-8-15(16)20/h3-4,8-9,11,13-14H,2,5-7,10,12H2,1H3,(H,23,25). The quantitative estimate of drug-likeness (QED) is 0.609. The Labute approximate surface area is 157 Å². The third-order valence-corrected chi connectivity index (χ3v) is 5.44. The van der Waals surface area contributed by atoms with Crippen molar-refractivity contribution in [2.75, 3.05) is 22.5 Å². The van der Waals surface area contributed by atoms with Crippen LogP contribution in [0.4, 0.5) is 15.9 Å². The van der Waals surface area contributed by atoms with Gasteiger partial charge in [-0.25, -0.2) is 14.4 Å². The third-order valence-electron chi connectivity index (χ3n) is 4.52. The van der Waals surface area contributed by atoms with Crippen LogP contribution in [-0.2, 0) is 4.79 Å². The number of para-hydroxylation sites is 1. The summed E-state index contributed by atoms with van der Waals surface area (Å²) >= 11 is 1.33. The zero-order valence-corrected chi connectivity index (χ0v) is 15.6. The number of hydrogen-bond donors (Lipinski definition) is 1. The molecule has 0 bridgehead atoms. The summed E-state index contributed by atoms with van der Waals surface area (Å²) in [6.45, 7) is 3.21. The summed E-state index contributed by atoms with van der Waals surface area (Å²) in [6.07, 6.45) is 6.27. The Balaban J connectivity index is 1.60. The van der Waals surface area contributed by atoms with Crippen molar-refractivity contribution in [3.8, 4) is 0 Å². The lowest BCUT2D eigenvalue weighted by molar-refractivity contribution is -0.113. The monoisotopic (exact) mass is 374 g/mol. The van der Waals surface area contributed by atoms with Crippen LogP contribution in [0.1, 0.15) is 32.6 Å². The fourth-order valence-electron chi connectivity index (χ4n) is 3.18. The highest BCUT2D eigenvalue weighted by molar-refractivity contribution is 7.99. The second kappa shape index (κ2) is 8.98. The summed E-state index contributed by atoms with van der Waals surface area (Å²) in [5.74, 6) is 0.390. The first-order valence-electron chi connectivity index (χ1n) is 8.93. The van der Waals surface area contributed by atoms with Gasteiger partial charge in [0.25, 0.3) is 0 Å². The number of nitrogens with one attached hydrogen (secondary N) is 1. The smallest absolute Gasteiger partial charge is 0.234 e. The highest BCUT2D eigenvalue weighted by Crippen LogP contribution is 2.27. The van der Waals surface area contributed by atoms with Gasteiger partial charge in [0, 0.05) is 18.7 Å². The second-order valence-corrected chi connectivity index (χ2v) is 7.28. The topological polar surface area (TPSA) is 58.1 Å². The van der Waals surface area contributed by atoms with E-state index < -0.39 is 5.82 Å². The lowest BCUT2D eigenvalue weighted by atomic mass is 10.0. The van der Waals surface area contributed by atoms with Crippen molar-refractivity contribution in [3.05, 3.63) is 42.5 Å². The van der Waals surface area contributed by atoms with Crippen molar-refractivity contribution in [1.82, 2.24) is 9.97 Å². The van der Waals surface area contributed by atoms with E-state index in [-0.39, 0.29) is 17.3 Å². The van der Waals surface area contributed by atoms with Gasteiger partial charge in [-0.2, -0.15) is 0 Å². The molecular weight excluding hydrogens is 351 g/mol. The minimum atomic E-state index is -0.439. The Bertz CT molecular complexity index is 758. The average molecular weight is 374 g/mol. The summed E-state index contributed by atoms with van der Waals surface area (Å²) < 4.78 is 13.6. The van der Waals surface area contributed by atoms with Gasteiger partial charge >= 0.3 is 0 Å². The molecule has 1 atom stereocenters. The molecule has 1 aliphatic heterocycles. The van der Waals surface area contributed by atoms with Gasteiger partial charge in [0.05, 0.1) is 11.4 Å². The van der Waals surface area contributed by atoms with Gasteiger partial charge in [-0.15, -0.1) is 0 Å². The van der Waals surface area contributed by atoms with Crippen molar-refractivity contribution in [2.24, 2.45) is 0 Å². The molecule has 1 fully saturated rings. The number of carbonyl (C=O) groups excluding carboxylic acids is 1. The van der Waals surface area contributed by atoms with E-state index in [0.717, 1.165) is 23.8 Å². The molecule has 3 rings (SSSR count). The van der Waals surface area contributed by atoms with Crippen LogP contribution in [-0.4, -0.2) is 34.2 Å². The molecule has 5 nitrogen and oxygen atoms in total. The Morgan fingerprint density at radius 3 is 3.00 bits per heavy atom. The second-order valence-electron chi connectivity index (χ2n) is 6.28. The normalized spacial score (nSPS) is 17.2. The Morgan fingerprint density at radius 1 is 1.35 bits per heavy atom. The van der Waals surface area contributed by atoms with Crippen LogP contribution in [0, 0.1) is 5.82 Å². The van der Waals surface area contributed by atoms with Crippen molar-refractivity contribution in [1.29, 1.82) is 0 Å². The summed E-state index contributed by atoms with van der Waals surface area (Å²) in [5, 5.41) is 3.34. The number of carbonyl (C=O) groups is 1. The molecule has 1 amide bonds. The number of hydrogen-bond acceptors (Lipinski definition) is 5. The molecule has 0 spiro atoms. The zero-order chi connectivity index (χ0) is 18.4. The van der Waals surface area contributed by atoms with E-state index in [1.54, 1.807) is 24.5 Å². The molecule has 1 saturated heterocycles. The van der Waals surface area contributed by atoms with E-state index in [1.807, 2.05) is 6.07 Å². The van der Waals surface area contributed by atoms with Gasteiger partial charge in [-0.1, -0.05) is 30.8 Å². The number of rotatable bonds is 6. The molecule has 1 N–H and O–H groups in total. The van der Waals surface area contributed by atoms with Gasteiger partial charge < -0.3 is 10.2 Å². The van der Waals surface area contributed by atoms with Crippen LogP contribution in [0.3, 0.4) is 0 Å². The minimum Gasteiger partial charge on any atom is -0.354 e. The first-order chi connectivity index (χ1) is 12.7. The summed E-state index contributed by atoms with van der Waals surface area (Å²) in [5.41, 5.74) is 0.195. The summed E-state index contributed by atoms with van der Waals surface area (Å²) in [6, 6.07) is 8.59. The summed E-state index contributed by atoms with van der Waals surface area (Å²) in [7, 11) is 0. The maximum absolute atomic E-state index is 13.6. The van der Waals surface area contributed by atoms with Crippen LogP contribution >= 0.6 is 11.8 Å². The first-order valence-corrected chi connectivity index (χ1v) is 9.92. The number of halogens is 1. The predicted octanol–water partition coefficient (Wildman–Crippen LogP) is 4.12. The van der Waals surface area contributed by atoms with E-state index in [2.05, 4.69) is 27.1 Å². The van der Waals surface area contributed by atoms with E-state index in [4.69, 9.17) is 0 Å². The van der Waals surface area contributed by atoms with Gasteiger partial charge in [0.2, 0.25) is 5.91 Å². The van der Waals surface area contributed by atoms with E-state index in [0.29, 0.717) is 6.04 Å². The molecule has 0 saturated carbocycles. The molecular formula is C19H23FN4OS. The van der Waals surface area contributed by atoms with Crippen molar-refractivity contribution in [2.45, 2.75) is 43.7 Å². The van der Waals surface area contributed by atoms with Crippen LogP contribution < -0.4 is 10.2 Å². The van der Waals surface area contributed by atoms with Crippen molar-refractivity contribution in [3.63, 3.8) is 0 Å². The van der Waals surface area contributed by atoms with E-state index in [9.17, 15) is 9.18 Å². The van der Waals surface area contributed by atoms with Gasteiger partial charge in [0.1, 0.15) is 23.0 Å². The van der Waals surface area contributed by atoms with Crippen LogP contribution in [0.2, 0.25) is 0 Å². The molecule has 1 aromatic carbocycles. The van der Waals surface area contributed by atoms with Crippen LogP contribution in [0.5, 0.6) is 0 Å². The Kier molecular flexibility index (Phi) is 6.44. The maximum Gasteiger partial charge on any atom is 0.234 e. The number of thioether (sulfide) groups is 1. The number of amides is 1. The predicted molar refractivity (Wildman–Crippen MR) is 103 cm³/mol. The molecule has 0 radical (unpaired) electrons. The lowest BCUT2D eigenvalue weighted by Crippen LogP contribution is -2.39. The lowest BCUT2D eigenvalue weighted by Gasteiger charge is -2.36. The fraction of sp³-hybridized carbons (Fsp3) is 0.421. The Morgan fingerprint density at radius 2 is 2.19 bits per heavy atom. The highest BCUT2D eigenvalue weighted by atomic mass is 32.2. The fourth-order valence-corrected chi connectivity index (χ4v) is 3.84. The number of nitrogens with zero attached hydrogens (tertiary/aromatic N) is 3. The van der Waals surface area contributed by atoms with Crippen LogP contribution in [0.25, 0.3) is 0 Å². The molecule has 2 aromatic rings. The number of piperidine rings is 1. The molecule has 7 heteroatoms. The SMILES string of the molecule is CCC1CCCCN1c1cc(SCC(=O)Nc2ccccc2F)ncn1. The molecule has 1 unspecified atom stereocenters. The van der Waals surface area contributed by atoms with Crippen molar-refractivity contribution < 1.29 is 9.18 Å². The van der Waals surface area contributed by atoms with Gasteiger partial charge in [-0.3, -0.25) is 4.79 Å². The third kappa shape index (κ3) is 4.72. The summed E-state index contributed by atoms with van der Waals surface area (Å²) in [4.78, 5) is 23.1. The molecule has 138 valence electrons. The molecule has 26 heavy (non-hydrogen) atoms. The largest absolute Gasteiger partial charge is 0.354 e. The maximum atomic E-state index is 13.6. The molecule has 2 heterocycles. The van der Waals surface area contributed by atoms with Crippen molar-refractivity contribution >= 4 is 29.2 Å². The molecule has 1 aliphatic rings. The highest BCUT2D eigenvalue weighted by Gasteiger charge is 2.22. The van der Waals surface area contributed by atoms with Gasteiger partial charge in [-0.05, 0) is 37.8 Å². The van der Waals surface area contributed by atoms with E-state index >= 15 is 0 Å². The molecule has 0 aliphatic carbocycles. The van der Waals surface area contributed by atoms with E-state index in [1.165, 1.54) is 37.1 Å². The number of anilines is 2. The van der Waals surface area contributed by atoms with Gasteiger partial charge in [0.15, 0.2) is 0 Å². The Hall–Kier alpha value is -2.15. The number of benzene rings is 1. The average Bonchev–Trinajstić information content (AvgIpc) is 2.68. The zero-order valence-electron chi connectivity index (χ0n) is 14.8.